The molecule has 2 atom stereocenters. The number of amides is 1. The van der Waals surface area contributed by atoms with Crippen molar-refractivity contribution in [1.82, 2.24) is 10.2 Å². The SMILES string of the molecule is O=C([C@H]1CNCC[C@@H]1c1cccc(-c2ccccc2)c1)N(Cc1ccccc1Cl)C1CC1. The Morgan fingerprint density at radius 2 is 1.66 bits per heavy atom. The molecule has 1 N–H and O–H groups in total. The summed E-state index contributed by atoms with van der Waals surface area (Å²) in [4.78, 5) is 16.0. The van der Waals surface area contributed by atoms with Crippen molar-refractivity contribution < 1.29 is 4.79 Å². The summed E-state index contributed by atoms with van der Waals surface area (Å²) in [6, 6.07) is 27.4. The summed E-state index contributed by atoms with van der Waals surface area (Å²) in [7, 11) is 0. The zero-order valence-corrected chi connectivity index (χ0v) is 19.0. The topological polar surface area (TPSA) is 32.3 Å². The molecule has 1 saturated heterocycles. The molecule has 0 bridgehead atoms. The Labute approximate surface area is 195 Å². The van der Waals surface area contributed by atoms with Crippen molar-refractivity contribution in [1.29, 1.82) is 0 Å². The molecule has 0 spiro atoms. The largest absolute Gasteiger partial charge is 0.335 e. The third-order valence-corrected chi connectivity index (χ3v) is 7.16. The van der Waals surface area contributed by atoms with Gasteiger partial charge in [-0.05, 0) is 60.0 Å². The van der Waals surface area contributed by atoms with Gasteiger partial charge in [0.2, 0.25) is 5.91 Å². The van der Waals surface area contributed by atoms with Crippen molar-refractivity contribution >= 4 is 17.5 Å². The van der Waals surface area contributed by atoms with Gasteiger partial charge in [-0.25, -0.2) is 0 Å². The van der Waals surface area contributed by atoms with Crippen LogP contribution in [0.15, 0.2) is 78.9 Å². The number of rotatable bonds is 6. The van der Waals surface area contributed by atoms with E-state index in [9.17, 15) is 4.79 Å². The zero-order valence-electron chi connectivity index (χ0n) is 18.2. The quantitative estimate of drug-likeness (QED) is 0.514. The number of nitrogens with zero attached hydrogens (tertiary/aromatic N) is 1. The second-order valence-corrected chi connectivity index (χ2v) is 9.39. The van der Waals surface area contributed by atoms with Crippen LogP contribution in [0.5, 0.6) is 0 Å². The van der Waals surface area contributed by atoms with Gasteiger partial charge in [0.25, 0.3) is 0 Å². The molecule has 1 aliphatic heterocycles. The molecule has 164 valence electrons. The molecule has 2 aliphatic rings. The summed E-state index contributed by atoms with van der Waals surface area (Å²) >= 11 is 6.43. The number of carbonyl (C=O) groups is 1. The third kappa shape index (κ3) is 4.60. The fourth-order valence-electron chi connectivity index (χ4n) is 4.89. The molecular formula is C28H29ClN2O. The first-order valence-electron chi connectivity index (χ1n) is 11.6. The Bertz CT molecular complexity index is 1080. The molecule has 1 amide bonds. The first-order valence-corrected chi connectivity index (χ1v) is 12.0. The Hall–Kier alpha value is -2.62. The van der Waals surface area contributed by atoms with Gasteiger partial charge in [-0.15, -0.1) is 0 Å². The van der Waals surface area contributed by atoms with E-state index < -0.39 is 0 Å². The van der Waals surface area contributed by atoms with Crippen molar-refractivity contribution in [3.8, 4) is 11.1 Å². The van der Waals surface area contributed by atoms with Crippen molar-refractivity contribution in [3.63, 3.8) is 0 Å². The van der Waals surface area contributed by atoms with Crippen LogP contribution >= 0.6 is 11.6 Å². The van der Waals surface area contributed by atoms with Crippen molar-refractivity contribution in [2.75, 3.05) is 13.1 Å². The number of piperidine rings is 1. The predicted octanol–water partition coefficient (Wildman–Crippen LogP) is 5.89. The van der Waals surface area contributed by atoms with E-state index in [-0.39, 0.29) is 17.7 Å². The number of carbonyl (C=O) groups excluding carboxylic acids is 1. The maximum absolute atomic E-state index is 13.9. The highest BCUT2D eigenvalue weighted by Gasteiger charge is 2.40. The van der Waals surface area contributed by atoms with Gasteiger partial charge in [-0.2, -0.15) is 0 Å². The zero-order chi connectivity index (χ0) is 21.9. The normalized spacial score (nSPS) is 20.7. The van der Waals surface area contributed by atoms with Crippen LogP contribution in [0.3, 0.4) is 0 Å². The Morgan fingerprint density at radius 1 is 0.906 bits per heavy atom. The molecule has 3 aromatic carbocycles. The summed E-state index contributed by atoms with van der Waals surface area (Å²) in [5, 5.41) is 4.21. The van der Waals surface area contributed by atoms with E-state index in [1.165, 1.54) is 16.7 Å². The lowest BCUT2D eigenvalue weighted by atomic mass is 9.79. The second-order valence-electron chi connectivity index (χ2n) is 8.99. The number of benzene rings is 3. The first-order chi connectivity index (χ1) is 15.7. The molecule has 1 saturated carbocycles. The van der Waals surface area contributed by atoms with Crippen LogP contribution in [0.1, 0.15) is 36.3 Å². The molecule has 5 rings (SSSR count). The summed E-state index contributed by atoms with van der Waals surface area (Å²) in [5.41, 5.74) is 4.72. The van der Waals surface area contributed by atoms with Gasteiger partial charge in [-0.3, -0.25) is 4.79 Å². The highest BCUT2D eigenvalue weighted by molar-refractivity contribution is 6.31. The van der Waals surface area contributed by atoms with Gasteiger partial charge in [0.15, 0.2) is 0 Å². The lowest BCUT2D eigenvalue weighted by molar-refractivity contribution is -0.138. The van der Waals surface area contributed by atoms with E-state index >= 15 is 0 Å². The summed E-state index contributed by atoms with van der Waals surface area (Å²) in [6.45, 7) is 2.26. The van der Waals surface area contributed by atoms with Crippen molar-refractivity contribution in [2.24, 2.45) is 5.92 Å². The average Bonchev–Trinajstić information content (AvgIpc) is 3.69. The second kappa shape index (κ2) is 9.48. The lowest BCUT2D eigenvalue weighted by Gasteiger charge is -2.36. The van der Waals surface area contributed by atoms with Crippen LogP contribution in [-0.4, -0.2) is 29.9 Å². The summed E-state index contributed by atoms with van der Waals surface area (Å²) in [6.07, 6.45) is 3.15. The molecule has 1 heterocycles. The molecule has 4 heteroatoms. The minimum Gasteiger partial charge on any atom is -0.335 e. The molecule has 2 fully saturated rings. The van der Waals surface area contributed by atoms with Gasteiger partial charge in [0, 0.05) is 24.2 Å². The predicted molar refractivity (Wildman–Crippen MR) is 131 cm³/mol. The summed E-state index contributed by atoms with van der Waals surface area (Å²) in [5.74, 6) is 0.424. The Kier molecular flexibility index (Phi) is 6.29. The highest BCUT2D eigenvalue weighted by atomic mass is 35.5. The van der Waals surface area contributed by atoms with Gasteiger partial charge < -0.3 is 10.2 Å². The minimum atomic E-state index is -0.0575. The van der Waals surface area contributed by atoms with E-state index in [4.69, 9.17) is 11.6 Å². The fourth-order valence-corrected chi connectivity index (χ4v) is 5.09. The standard InChI is InChI=1S/C28H29ClN2O/c29-27-12-5-4-9-23(27)19-31(24-13-14-24)28(32)26-18-30-16-15-25(26)22-11-6-10-21(17-22)20-7-2-1-3-8-20/h1-12,17,24-26,30H,13-16,18-19H2/t25-,26+/m1/s1. The van der Waals surface area contributed by atoms with Crippen LogP contribution in [-0.2, 0) is 11.3 Å². The van der Waals surface area contributed by atoms with E-state index in [2.05, 4.69) is 58.7 Å². The van der Waals surface area contributed by atoms with Crippen LogP contribution in [0.25, 0.3) is 11.1 Å². The molecule has 1 aliphatic carbocycles. The smallest absolute Gasteiger partial charge is 0.228 e. The summed E-state index contributed by atoms with van der Waals surface area (Å²) < 4.78 is 0. The number of hydrogen-bond acceptors (Lipinski definition) is 2. The minimum absolute atomic E-state index is 0.0575. The first kappa shape index (κ1) is 21.2. The molecule has 32 heavy (non-hydrogen) atoms. The average molecular weight is 445 g/mol. The van der Waals surface area contributed by atoms with Crippen LogP contribution in [0, 0.1) is 5.92 Å². The number of hydrogen-bond donors (Lipinski definition) is 1. The number of nitrogens with one attached hydrogen (secondary N) is 1. The van der Waals surface area contributed by atoms with Crippen molar-refractivity contribution in [2.45, 2.75) is 37.8 Å². The number of halogens is 1. The molecular weight excluding hydrogens is 416 g/mol. The van der Waals surface area contributed by atoms with E-state index in [1.54, 1.807) is 0 Å². The van der Waals surface area contributed by atoms with E-state index in [0.717, 1.165) is 42.9 Å². The molecule has 3 aromatic rings. The van der Waals surface area contributed by atoms with Gasteiger partial charge in [-0.1, -0.05) is 84.4 Å². The highest BCUT2D eigenvalue weighted by Crippen LogP contribution is 2.37. The third-order valence-electron chi connectivity index (χ3n) is 6.79. The van der Waals surface area contributed by atoms with E-state index in [0.29, 0.717) is 12.6 Å². The molecule has 0 aromatic heterocycles. The monoisotopic (exact) mass is 444 g/mol. The Morgan fingerprint density at radius 3 is 2.44 bits per heavy atom. The van der Waals surface area contributed by atoms with E-state index in [1.807, 2.05) is 30.3 Å². The molecule has 3 nitrogen and oxygen atoms in total. The Balaban J connectivity index is 1.41. The molecule has 0 radical (unpaired) electrons. The van der Waals surface area contributed by atoms with Gasteiger partial charge >= 0.3 is 0 Å². The van der Waals surface area contributed by atoms with Crippen LogP contribution in [0.4, 0.5) is 0 Å². The van der Waals surface area contributed by atoms with Gasteiger partial charge in [0.05, 0.1) is 5.92 Å². The molecule has 0 unspecified atom stereocenters. The maximum Gasteiger partial charge on any atom is 0.228 e. The van der Waals surface area contributed by atoms with Crippen LogP contribution < -0.4 is 5.32 Å². The van der Waals surface area contributed by atoms with Gasteiger partial charge in [0.1, 0.15) is 0 Å². The lowest BCUT2D eigenvalue weighted by Crippen LogP contribution is -2.47. The van der Waals surface area contributed by atoms with Crippen molar-refractivity contribution in [3.05, 3.63) is 95.0 Å². The fraction of sp³-hybridized carbons (Fsp3) is 0.321. The van der Waals surface area contributed by atoms with Crippen LogP contribution in [0.2, 0.25) is 5.02 Å². The maximum atomic E-state index is 13.9.